The van der Waals surface area contributed by atoms with E-state index < -0.39 is 5.97 Å². The van der Waals surface area contributed by atoms with Gasteiger partial charge in [-0.05, 0) is 49.8 Å². The van der Waals surface area contributed by atoms with Crippen LogP contribution in [0.1, 0.15) is 46.0 Å². The summed E-state index contributed by atoms with van der Waals surface area (Å²) in [6, 6.07) is 16.1. The molecule has 118 valence electrons. The van der Waals surface area contributed by atoms with E-state index >= 15 is 0 Å². The molecule has 0 saturated heterocycles. The molecule has 1 fully saturated rings. The van der Waals surface area contributed by atoms with E-state index in [2.05, 4.69) is 6.07 Å². The number of fused-ring (bicyclic) bond motifs is 1. The Hall–Kier alpha value is -2.55. The third kappa shape index (κ3) is 3.29. The fraction of sp³-hybridized carbons (Fsp3) is 0.250. The molecule has 3 nitrogen and oxygen atoms in total. The summed E-state index contributed by atoms with van der Waals surface area (Å²) in [4.78, 5) is 11.2. The molecule has 2 aromatic carbocycles. The monoisotopic (exact) mass is 308 g/mol. The lowest BCUT2D eigenvalue weighted by atomic mass is 10.0. The highest BCUT2D eigenvalue weighted by Gasteiger charge is 2.26. The Morgan fingerprint density at radius 1 is 1.04 bits per heavy atom. The second kappa shape index (κ2) is 6.29. The molecule has 0 spiro atoms. The number of furan rings is 1. The van der Waals surface area contributed by atoms with Gasteiger partial charge in [-0.3, -0.25) is 0 Å². The van der Waals surface area contributed by atoms with Crippen LogP contribution in [0.2, 0.25) is 0 Å². The zero-order chi connectivity index (χ0) is 16.4. The lowest BCUT2D eigenvalue weighted by molar-refractivity contribution is 0.0697. The molecule has 1 aromatic heterocycles. The van der Waals surface area contributed by atoms with Crippen molar-refractivity contribution in [3.8, 4) is 0 Å². The normalized spacial score (nSPS) is 13.5. The van der Waals surface area contributed by atoms with Crippen LogP contribution in [0.15, 0.2) is 52.9 Å². The molecule has 3 aromatic rings. The summed E-state index contributed by atoms with van der Waals surface area (Å²) in [5, 5.41) is 9.98. The predicted molar refractivity (Wildman–Crippen MR) is 91.1 cm³/mol. The number of hydrogen-bond acceptors (Lipinski definition) is 2. The minimum absolute atomic E-state index is 0.311. The van der Waals surface area contributed by atoms with Crippen LogP contribution in [0.25, 0.3) is 11.0 Å². The second-order valence-corrected chi connectivity index (χ2v) is 5.98. The molecule has 1 saturated carbocycles. The third-order valence-corrected chi connectivity index (χ3v) is 4.10. The third-order valence-electron chi connectivity index (χ3n) is 4.10. The molecule has 0 unspecified atom stereocenters. The van der Waals surface area contributed by atoms with E-state index in [9.17, 15) is 9.90 Å². The van der Waals surface area contributed by atoms with Crippen molar-refractivity contribution in [2.24, 2.45) is 0 Å². The zero-order valence-corrected chi connectivity index (χ0v) is 13.4. The summed E-state index contributed by atoms with van der Waals surface area (Å²) in [7, 11) is 0. The van der Waals surface area contributed by atoms with Gasteiger partial charge in [0.15, 0.2) is 0 Å². The minimum atomic E-state index is -0.909. The van der Waals surface area contributed by atoms with Gasteiger partial charge in [-0.15, -0.1) is 0 Å². The Kier molecular flexibility index (Phi) is 4.20. The number of benzene rings is 2. The summed E-state index contributed by atoms with van der Waals surface area (Å²) < 4.78 is 5.57. The fourth-order valence-electron chi connectivity index (χ4n) is 2.82. The highest BCUT2D eigenvalue weighted by Crippen LogP contribution is 2.42. The molecule has 1 aliphatic carbocycles. The quantitative estimate of drug-likeness (QED) is 0.697. The summed E-state index contributed by atoms with van der Waals surface area (Å²) in [5.74, 6) is 0.201. The Morgan fingerprint density at radius 3 is 2.09 bits per heavy atom. The van der Waals surface area contributed by atoms with Gasteiger partial charge in [0.05, 0.1) is 0 Å². The Morgan fingerprint density at radius 2 is 1.61 bits per heavy atom. The van der Waals surface area contributed by atoms with Crippen LogP contribution in [-0.2, 0) is 0 Å². The van der Waals surface area contributed by atoms with E-state index in [1.807, 2.05) is 49.4 Å². The van der Waals surface area contributed by atoms with Gasteiger partial charge in [0.1, 0.15) is 16.9 Å². The Labute approximate surface area is 135 Å². The first-order valence-corrected chi connectivity index (χ1v) is 7.85. The zero-order valence-electron chi connectivity index (χ0n) is 13.4. The second-order valence-electron chi connectivity index (χ2n) is 5.98. The van der Waals surface area contributed by atoms with E-state index in [-0.39, 0.29) is 0 Å². The molecular weight excluding hydrogens is 288 g/mol. The summed E-state index contributed by atoms with van der Waals surface area (Å²) >= 11 is 0. The molecule has 0 radical (unpaired) electrons. The Bertz CT molecular complexity index is 800. The first kappa shape index (κ1) is 15.3. The van der Waals surface area contributed by atoms with Crippen molar-refractivity contribution in [3.05, 3.63) is 71.0 Å². The van der Waals surface area contributed by atoms with E-state index in [1.165, 1.54) is 18.4 Å². The maximum atomic E-state index is 11.2. The van der Waals surface area contributed by atoms with Crippen LogP contribution >= 0.6 is 0 Å². The molecule has 1 heterocycles. The lowest BCUT2D eigenvalue weighted by Gasteiger charge is -2.01. The molecular formula is C20H20O3. The standard InChI is InChI=1S/C14H14O3.C6H6/c1-7-5-10(9-3-4-9)6-11-12(14(15)16)8(2)17-13(7)11;1-2-4-6-5-3-1/h5-6,9H,3-4H2,1-2H3,(H,15,16);1-6H. The van der Waals surface area contributed by atoms with Crippen molar-refractivity contribution in [2.75, 3.05) is 0 Å². The predicted octanol–water partition coefficient (Wildman–Crippen LogP) is 5.31. The van der Waals surface area contributed by atoms with Crippen LogP contribution < -0.4 is 0 Å². The van der Waals surface area contributed by atoms with E-state index in [0.29, 0.717) is 22.8 Å². The molecule has 0 bridgehead atoms. The first-order chi connectivity index (χ1) is 11.1. The SMILES string of the molecule is Cc1oc2c(C)cc(C3CC3)cc2c1C(=O)O.c1ccccc1. The molecule has 3 heteroatoms. The van der Waals surface area contributed by atoms with Gasteiger partial charge in [0.25, 0.3) is 0 Å². The van der Waals surface area contributed by atoms with Gasteiger partial charge >= 0.3 is 5.97 Å². The van der Waals surface area contributed by atoms with E-state index in [0.717, 1.165) is 10.9 Å². The number of hydrogen-bond donors (Lipinski definition) is 1. The number of carboxylic acid groups (broad SMARTS) is 1. The van der Waals surface area contributed by atoms with Gasteiger partial charge in [0, 0.05) is 5.39 Å². The molecule has 23 heavy (non-hydrogen) atoms. The van der Waals surface area contributed by atoms with Gasteiger partial charge in [-0.25, -0.2) is 4.79 Å². The van der Waals surface area contributed by atoms with Gasteiger partial charge in [-0.1, -0.05) is 42.5 Å². The molecule has 1 N–H and O–H groups in total. The van der Waals surface area contributed by atoms with Crippen LogP contribution in [0, 0.1) is 13.8 Å². The van der Waals surface area contributed by atoms with Crippen molar-refractivity contribution in [2.45, 2.75) is 32.6 Å². The topological polar surface area (TPSA) is 50.4 Å². The number of aryl methyl sites for hydroxylation is 2. The number of rotatable bonds is 2. The van der Waals surface area contributed by atoms with Gasteiger partial charge in [-0.2, -0.15) is 0 Å². The van der Waals surface area contributed by atoms with Crippen LogP contribution in [0.3, 0.4) is 0 Å². The minimum Gasteiger partial charge on any atom is -0.478 e. The average Bonchev–Trinajstić information content (AvgIpc) is 3.32. The average molecular weight is 308 g/mol. The van der Waals surface area contributed by atoms with Crippen molar-refractivity contribution in [1.29, 1.82) is 0 Å². The molecule has 0 aliphatic heterocycles. The summed E-state index contributed by atoms with van der Waals surface area (Å²) in [6.45, 7) is 3.68. The highest BCUT2D eigenvalue weighted by molar-refractivity contribution is 6.04. The number of carboxylic acids is 1. The highest BCUT2D eigenvalue weighted by atomic mass is 16.4. The van der Waals surface area contributed by atoms with Crippen molar-refractivity contribution in [1.82, 2.24) is 0 Å². The lowest BCUT2D eigenvalue weighted by Crippen LogP contribution is -1.97. The van der Waals surface area contributed by atoms with Crippen LogP contribution in [0.5, 0.6) is 0 Å². The maximum Gasteiger partial charge on any atom is 0.339 e. The number of carbonyl (C=O) groups is 1. The largest absolute Gasteiger partial charge is 0.478 e. The first-order valence-electron chi connectivity index (χ1n) is 7.85. The van der Waals surface area contributed by atoms with Gasteiger partial charge < -0.3 is 9.52 Å². The van der Waals surface area contributed by atoms with E-state index in [1.54, 1.807) is 6.92 Å². The smallest absolute Gasteiger partial charge is 0.339 e. The van der Waals surface area contributed by atoms with Crippen LogP contribution in [0.4, 0.5) is 0 Å². The van der Waals surface area contributed by atoms with Crippen molar-refractivity contribution in [3.63, 3.8) is 0 Å². The van der Waals surface area contributed by atoms with Crippen molar-refractivity contribution >= 4 is 16.9 Å². The molecule has 1 aliphatic rings. The molecule has 4 rings (SSSR count). The van der Waals surface area contributed by atoms with E-state index in [4.69, 9.17) is 4.42 Å². The van der Waals surface area contributed by atoms with Gasteiger partial charge in [0.2, 0.25) is 0 Å². The number of aromatic carboxylic acids is 1. The summed E-state index contributed by atoms with van der Waals surface area (Å²) in [6.07, 6.45) is 2.42. The van der Waals surface area contributed by atoms with Crippen LogP contribution in [-0.4, -0.2) is 11.1 Å². The molecule has 0 amide bonds. The fourth-order valence-corrected chi connectivity index (χ4v) is 2.82. The van der Waals surface area contributed by atoms with Crippen molar-refractivity contribution < 1.29 is 14.3 Å². The maximum absolute atomic E-state index is 11.2. The Balaban J connectivity index is 0.000000220. The summed E-state index contributed by atoms with van der Waals surface area (Å²) in [5.41, 5.74) is 3.30. The molecule has 0 atom stereocenters.